The molecule has 2 heterocycles. The van der Waals surface area contributed by atoms with E-state index in [1.165, 1.54) is 17.8 Å². The summed E-state index contributed by atoms with van der Waals surface area (Å²) in [6.07, 6.45) is 2.28. The summed E-state index contributed by atoms with van der Waals surface area (Å²) < 4.78 is 6.24. The molecule has 0 aromatic carbocycles. The zero-order valence-corrected chi connectivity index (χ0v) is 13.2. The van der Waals surface area contributed by atoms with Gasteiger partial charge in [0.05, 0.1) is 23.1 Å². The lowest BCUT2D eigenvalue weighted by molar-refractivity contribution is 0.0758. The van der Waals surface area contributed by atoms with Crippen molar-refractivity contribution in [3.05, 3.63) is 20.3 Å². The van der Waals surface area contributed by atoms with E-state index in [0.29, 0.717) is 26.7 Å². The van der Waals surface area contributed by atoms with Gasteiger partial charge in [-0.15, -0.1) is 11.3 Å². The van der Waals surface area contributed by atoms with E-state index in [0.717, 1.165) is 26.1 Å². The monoisotopic (exact) mass is 321 g/mol. The van der Waals surface area contributed by atoms with Crippen molar-refractivity contribution >= 4 is 40.3 Å². The van der Waals surface area contributed by atoms with Crippen molar-refractivity contribution in [1.29, 1.82) is 0 Å². The molecule has 1 aromatic rings. The Kier molecular flexibility index (Phi) is 5.66. The lowest BCUT2D eigenvalue weighted by Crippen LogP contribution is -2.40. The van der Waals surface area contributed by atoms with E-state index in [1.807, 2.05) is 0 Å². The fourth-order valence-electron chi connectivity index (χ4n) is 2.49. The van der Waals surface area contributed by atoms with Crippen LogP contribution in [0, 0.1) is 5.92 Å². The molecule has 0 saturated carbocycles. The van der Waals surface area contributed by atoms with Gasteiger partial charge in [0, 0.05) is 13.7 Å². The van der Waals surface area contributed by atoms with Gasteiger partial charge in [-0.25, -0.2) is 0 Å². The van der Waals surface area contributed by atoms with Gasteiger partial charge in [0.25, 0.3) is 0 Å². The van der Waals surface area contributed by atoms with Crippen molar-refractivity contribution < 1.29 is 9.53 Å². The van der Waals surface area contributed by atoms with Crippen LogP contribution in [0.1, 0.15) is 23.2 Å². The maximum absolute atomic E-state index is 12.2. The number of carbonyl (C=O) groups is 1. The van der Waals surface area contributed by atoms with Gasteiger partial charge in [0.15, 0.2) is 5.78 Å². The molecule has 6 heteroatoms. The van der Waals surface area contributed by atoms with E-state index < -0.39 is 0 Å². The van der Waals surface area contributed by atoms with Crippen molar-refractivity contribution in [3.8, 4) is 0 Å². The van der Waals surface area contributed by atoms with Crippen molar-refractivity contribution in [2.75, 3.05) is 33.4 Å². The first-order valence-electron chi connectivity index (χ1n) is 6.29. The average Bonchev–Trinajstić information content (AvgIpc) is 2.69. The number of thiophene rings is 1. The Balaban J connectivity index is 1.93. The molecule has 1 aliphatic rings. The number of likely N-dealkylation sites (tertiary alicyclic amines) is 1. The molecule has 0 aliphatic carbocycles. The molecule has 1 aromatic heterocycles. The topological polar surface area (TPSA) is 29.5 Å². The Labute approximate surface area is 127 Å². The van der Waals surface area contributed by atoms with Crippen molar-refractivity contribution in [1.82, 2.24) is 4.90 Å². The average molecular weight is 322 g/mol. The Morgan fingerprint density at radius 1 is 1.58 bits per heavy atom. The summed E-state index contributed by atoms with van der Waals surface area (Å²) in [5, 5.41) is 0. The van der Waals surface area contributed by atoms with Crippen LogP contribution in [-0.4, -0.2) is 44.0 Å². The first-order valence-corrected chi connectivity index (χ1v) is 7.86. The SMILES string of the molecule is COCC1CCCN(CC(=O)c2cc(Cl)sc2Cl)C1. The molecular formula is C13H17Cl2NO2S. The second kappa shape index (κ2) is 7.04. The van der Waals surface area contributed by atoms with Gasteiger partial charge in [-0.05, 0) is 31.4 Å². The number of hydrogen-bond donors (Lipinski definition) is 0. The van der Waals surface area contributed by atoms with Gasteiger partial charge >= 0.3 is 0 Å². The third-order valence-electron chi connectivity index (χ3n) is 3.33. The summed E-state index contributed by atoms with van der Waals surface area (Å²) in [7, 11) is 1.72. The molecule has 0 radical (unpaired) electrons. The highest BCUT2D eigenvalue weighted by molar-refractivity contribution is 7.20. The fourth-order valence-corrected chi connectivity index (χ4v) is 3.98. The summed E-state index contributed by atoms with van der Waals surface area (Å²) in [6, 6.07) is 1.66. The number of nitrogens with zero attached hydrogens (tertiary/aromatic N) is 1. The summed E-state index contributed by atoms with van der Waals surface area (Å²) in [6.45, 7) is 3.04. The smallest absolute Gasteiger partial charge is 0.179 e. The molecule has 1 aliphatic heterocycles. The van der Waals surface area contributed by atoms with Gasteiger partial charge in [-0.3, -0.25) is 9.69 Å². The third-order valence-corrected chi connectivity index (χ3v) is 4.82. The number of piperidine rings is 1. The predicted octanol–water partition coefficient (Wildman–Crippen LogP) is 3.60. The standard InChI is InChI=1S/C13H17Cl2NO2S/c1-18-8-9-3-2-4-16(6-9)7-11(17)10-5-12(14)19-13(10)15/h5,9H,2-4,6-8H2,1H3. The van der Waals surface area contributed by atoms with Gasteiger partial charge in [0.2, 0.25) is 0 Å². The maximum atomic E-state index is 12.2. The fraction of sp³-hybridized carbons (Fsp3) is 0.615. The number of Topliss-reactive ketones (excluding diaryl/α,β-unsaturated/α-hetero) is 1. The van der Waals surface area contributed by atoms with Crippen LogP contribution in [0.2, 0.25) is 8.67 Å². The number of rotatable bonds is 5. The Hall–Kier alpha value is -0.130. The van der Waals surface area contributed by atoms with Gasteiger partial charge in [-0.2, -0.15) is 0 Å². The highest BCUT2D eigenvalue weighted by atomic mass is 35.5. The predicted molar refractivity (Wildman–Crippen MR) is 79.7 cm³/mol. The molecule has 1 saturated heterocycles. The largest absolute Gasteiger partial charge is 0.384 e. The Bertz CT molecular complexity index is 448. The molecule has 0 amide bonds. The summed E-state index contributed by atoms with van der Waals surface area (Å²) in [5.41, 5.74) is 0.547. The van der Waals surface area contributed by atoms with Crippen LogP contribution < -0.4 is 0 Å². The van der Waals surface area contributed by atoms with Crippen molar-refractivity contribution in [2.45, 2.75) is 12.8 Å². The molecule has 2 rings (SSSR count). The summed E-state index contributed by atoms with van der Waals surface area (Å²) in [4.78, 5) is 14.4. The van der Waals surface area contributed by atoms with Crippen molar-refractivity contribution in [3.63, 3.8) is 0 Å². The van der Waals surface area contributed by atoms with Crippen molar-refractivity contribution in [2.24, 2.45) is 5.92 Å². The van der Waals surface area contributed by atoms with E-state index in [4.69, 9.17) is 27.9 Å². The lowest BCUT2D eigenvalue weighted by Gasteiger charge is -2.31. The molecular weight excluding hydrogens is 305 g/mol. The van der Waals surface area contributed by atoms with E-state index >= 15 is 0 Å². The lowest BCUT2D eigenvalue weighted by atomic mass is 9.98. The van der Waals surface area contributed by atoms with Gasteiger partial charge in [-0.1, -0.05) is 23.2 Å². The molecule has 0 bridgehead atoms. The summed E-state index contributed by atoms with van der Waals surface area (Å²) in [5.74, 6) is 0.569. The highest BCUT2D eigenvalue weighted by Crippen LogP contribution is 2.31. The minimum Gasteiger partial charge on any atom is -0.384 e. The molecule has 0 spiro atoms. The van der Waals surface area contributed by atoms with Crippen LogP contribution in [0.25, 0.3) is 0 Å². The molecule has 3 nitrogen and oxygen atoms in total. The summed E-state index contributed by atoms with van der Waals surface area (Å²) >= 11 is 13.1. The Morgan fingerprint density at radius 2 is 2.37 bits per heavy atom. The highest BCUT2D eigenvalue weighted by Gasteiger charge is 2.23. The first kappa shape index (κ1) is 15.3. The molecule has 106 valence electrons. The zero-order chi connectivity index (χ0) is 13.8. The minimum absolute atomic E-state index is 0.0474. The second-order valence-corrected chi connectivity index (χ2v) is 7.15. The molecule has 19 heavy (non-hydrogen) atoms. The number of ether oxygens (including phenoxy) is 1. The second-order valence-electron chi connectivity index (χ2n) is 4.86. The number of hydrogen-bond acceptors (Lipinski definition) is 4. The Morgan fingerprint density at radius 3 is 3.00 bits per heavy atom. The van der Waals surface area contributed by atoms with Gasteiger partial charge in [0.1, 0.15) is 4.34 Å². The van der Waals surface area contributed by atoms with Crippen LogP contribution in [-0.2, 0) is 4.74 Å². The third kappa shape index (κ3) is 4.17. The van der Waals surface area contributed by atoms with E-state index in [2.05, 4.69) is 4.90 Å². The van der Waals surface area contributed by atoms with Crippen LogP contribution >= 0.6 is 34.5 Å². The van der Waals surface area contributed by atoms with E-state index in [9.17, 15) is 4.79 Å². The van der Waals surface area contributed by atoms with Crippen LogP contribution in [0.5, 0.6) is 0 Å². The molecule has 0 N–H and O–H groups in total. The zero-order valence-electron chi connectivity index (χ0n) is 10.8. The molecule has 1 unspecified atom stereocenters. The number of ketones is 1. The normalized spacial score (nSPS) is 20.7. The van der Waals surface area contributed by atoms with Crippen LogP contribution in [0.15, 0.2) is 6.07 Å². The number of methoxy groups -OCH3 is 1. The van der Waals surface area contributed by atoms with E-state index in [1.54, 1.807) is 13.2 Å². The number of carbonyl (C=O) groups excluding carboxylic acids is 1. The molecule has 1 atom stereocenters. The van der Waals surface area contributed by atoms with Crippen LogP contribution in [0.3, 0.4) is 0 Å². The maximum Gasteiger partial charge on any atom is 0.179 e. The van der Waals surface area contributed by atoms with Gasteiger partial charge < -0.3 is 4.74 Å². The van der Waals surface area contributed by atoms with Crippen LogP contribution in [0.4, 0.5) is 0 Å². The number of halogens is 2. The first-order chi connectivity index (χ1) is 9.10. The minimum atomic E-state index is 0.0474. The molecule has 1 fully saturated rings. The quantitative estimate of drug-likeness (QED) is 0.776. The van der Waals surface area contributed by atoms with E-state index in [-0.39, 0.29) is 5.78 Å².